The molecule has 0 spiro atoms. The summed E-state index contributed by atoms with van der Waals surface area (Å²) in [4.78, 5) is 14.0. The van der Waals surface area contributed by atoms with Gasteiger partial charge in [0.2, 0.25) is 0 Å². The van der Waals surface area contributed by atoms with Gasteiger partial charge in [-0.3, -0.25) is 0 Å². The Morgan fingerprint density at radius 2 is 1.79 bits per heavy atom. The molecule has 2 unspecified atom stereocenters. The van der Waals surface area contributed by atoms with Crippen LogP contribution in [0.4, 0.5) is 0 Å². The van der Waals surface area contributed by atoms with Crippen molar-refractivity contribution in [2.75, 3.05) is 19.0 Å². The van der Waals surface area contributed by atoms with Crippen molar-refractivity contribution in [3.63, 3.8) is 0 Å². The van der Waals surface area contributed by atoms with Gasteiger partial charge in [0.1, 0.15) is 5.75 Å². The molecule has 172 valence electrons. The predicted molar refractivity (Wildman–Crippen MR) is 135 cm³/mol. The Bertz CT molecular complexity index is 1070. The highest BCUT2D eigenvalue weighted by molar-refractivity contribution is 8.00. The van der Waals surface area contributed by atoms with Gasteiger partial charge in [0, 0.05) is 33.8 Å². The molecule has 0 aromatic heterocycles. The minimum absolute atomic E-state index is 0.347. The van der Waals surface area contributed by atoms with Crippen molar-refractivity contribution in [3.05, 3.63) is 89.5 Å². The lowest BCUT2D eigenvalue weighted by molar-refractivity contribution is -0.149. The number of hydrogen-bond donors (Lipinski definition) is 1. The molecule has 1 aliphatic rings. The van der Waals surface area contributed by atoms with E-state index >= 15 is 0 Å². The summed E-state index contributed by atoms with van der Waals surface area (Å²) in [6, 6.07) is 25.0. The molecular weight excluding hydrogens is 452 g/mol. The third-order valence-electron chi connectivity index (χ3n) is 5.52. The van der Waals surface area contributed by atoms with Crippen LogP contribution >= 0.6 is 23.5 Å². The number of aliphatic carboxylic acids is 1. The van der Waals surface area contributed by atoms with Crippen LogP contribution in [0.15, 0.2) is 82.6 Å². The van der Waals surface area contributed by atoms with Crippen LogP contribution in [-0.4, -0.2) is 36.1 Å². The molecule has 0 saturated carbocycles. The zero-order chi connectivity index (χ0) is 23.0. The molecule has 1 aliphatic heterocycles. The molecule has 2 atom stereocenters. The van der Waals surface area contributed by atoms with Crippen LogP contribution in [0.3, 0.4) is 0 Å². The topological polar surface area (TPSA) is 55.8 Å². The fourth-order valence-electron chi connectivity index (χ4n) is 3.89. The monoisotopic (exact) mass is 480 g/mol. The molecule has 3 aromatic carbocycles. The zero-order valence-electron chi connectivity index (χ0n) is 18.6. The maximum absolute atomic E-state index is 11.3. The average molecular weight is 481 g/mol. The summed E-state index contributed by atoms with van der Waals surface area (Å²) in [5, 5.41) is 9.65. The van der Waals surface area contributed by atoms with E-state index in [9.17, 15) is 9.90 Å². The summed E-state index contributed by atoms with van der Waals surface area (Å²) >= 11 is 3.80. The van der Waals surface area contributed by atoms with E-state index in [2.05, 4.69) is 48.5 Å². The number of fused-ring (bicyclic) bond motifs is 2. The SMILES string of the molecule is CCOC(Cc1ccc(OCCSC2Cc3ccccc3Sc3ccccc32)cc1)C(=O)O. The largest absolute Gasteiger partial charge is 0.493 e. The summed E-state index contributed by atoms with van der Waals surface area (Å²) in [6.45, 7) is 2.80. The zero-order valence-corrected chi connectivity index (χ0v) is 20.2. The van der Waals surface area contributed by atoms with Gasteiger partial charge in [-0.1, -0.05) is 60.3 Å². The third kappa shape index (κ3) is 6.34. The quantitative estimate of drug-likeness (QED) is 0.345. The van der Waals surface area contributed by atoms with Crippen LogP contribution in [0.25, 0.3) is 0 Å². The molecule has 4 rings (SSSR count). The lowest BCUT2D eigenvalue weighted by Gasteiger charge is -2.17. The number of carbonyl (C=O) groups is 1. The Morgan fingerprint density at radius 3 is 2.55 bits per heavy atom. The Morgan fingerprint density at radius 1 is 1.06 bits per heavy atom. The normalized spacial score (nSPS) is 15.7. The summed E-state index contributed by atoms with van der Waals surface area (Å²) in [5.74, 6) is 0.749. The van der Waals surface area contributed by atoms with E-state index in [0.717, 1.165) is 23.5 Å². The molecule has 33 heavy (non-hydrogen) atoms. The first-order valence-electron chi connectivity index (χ1n) is 11.2. The first-order chi connectivity index (χ1) is 16.1. The second-order valence-electron chi connectivity index (χ2n) is 7.79. The molecule has 0 saturated heterocycles. The van der Waals surface area contributed by atoms with Gasteiger partial charge in [0.15, 0.2) is 6.10 Å². The van der Waals surface area contributed by atoms with E-state index in [1.165, 1.54) is 20.9 Å². The fourth-order valence-corrected chi connectivity index (χ4v) is 6.25. The molecule has 0 aliphatic carbocycles. The molecule has 6 heteroatoms. The van der Waals surface area contributed by atoms with E-state index in [-0.39, 0.29) is 0 Å². The van der Waals surface area contributed by atoms with Gasteiger partial charge >= 0.3 is 5.97 Å². The Kier molecular flexibility index (Phi) is 8.37. The van der Waals surface area contributed by atoms with Crippen LogP contribution in [-0.2, 0) is 22.4 Å². The molecule has 0 fully saturated rings. The number of ether oxygens (including phenoxy) is 2. The molecule has 0 amide bonds. The van der Waals surface area contributed by atoms with Crippen molar-refractivity contribution in [1.82, 2.24) is 0 Å². The number of rotatable bonds is 10. The summed E-state index contributed by atoms with van der Waals surface area (Å²) in [5.41, 5.74) is 3.72. The van der Waals surface area contributed by atoms with Crippen LogP contribution in [0.2, 0.25) is 0 Å². The Balaban J connectivity index is 1.32. The van der Waals surface area contributed by atoms with E-state index in [4.69, 9.17) is 9.47 Å². The highest BCUT2D eigenvalue weighted by Crippen LogP contribution is 2.45. The maximum atomic E-state index is 11.3. The predicted octanol–water partition coefficient (Wildman–Crippen LogP) is 6.28. The minimum Gasteiger partial charge on any atom is -0.493 e. The summed E-state index contributed by atoms with van der Waals surface area (Å²) in [6.07, 6.45) is 0.549. The number of thioether (sulfide) groups is 1. The number of carboxylic acid groups (broad SMARTS) is 1. The van der Waals surface area contributed by atoms with Gasteiger partial charge in [-0.25, -0.2) is 4.79 Å². The van der Waals surface area contributed by atoms with E-state index in [1.807, 2.05) is 47.8 Å². The highest BCUT2D eigenvalue weighted by atomic mass is 32.2. The second kappa shape index (κ2) is 11.6. The van der Waals surface area contributed by atoms with Crippen molar-refractivity contribution < 1.29 is 19.4 Å². The molecule has 0 radical (unpaired) electrons. The van der Waals surface area contributed by atoms with Gasteiger partial charge in [-0.05, 0) is 54.3 Å². The first-order valence-corrected chi connectivity index (χ1v) is 13.0. The second-order valence-corrected chi connectivity index (χ2v) is 10.2. The van der Waals surface area contributed by atoms with Crippen molar-refractivity contribution >= 4 is 29.5 Å². The van der Waals surface area contributed by atoms with Crippen molar-refractivity contribution in [2.24, 2.45) is 0 Å². The molecular formula is C27H28O4S2. The van der Waals surface area contributed by atoms with Crippen LogP contribution in [0, 0.1) is 0 Å². The number of carboxylic acids is 1. The lowest BCUT2D eigenvalue weighted by atomic mass is 10.0. The molecule has 0 bridgehead atoms. The van der Waals surface area contributed by atoms with Crippen LogP contribution in [0.5, 0.6) is 5.75 Å². The summed E-state index contributed by atoms with van der Waals surface area (Å²) < 4.78 is 11.3. The van der Waals surface area contributed by atoms with Gasteiger partial charge in [-0.15, -0.1) is 11.8 Å². The maximum Gasteiger partial charge on any atom is 0.333 e. The van der Waals surface area contributed by atoms with Gasteiger partial charge in [0.25, 0.3) is 0 Å². The van der Waals surface area contributed by atoms with Crippen molar-refractivity contribution in [3.8, 4) is 5.75 Å². The standard InChI is InChI=1S/C27H28O4S2/c1-2-30-23(27(28)29)17-19-11-13-21(14-12-19)31-15-16-32-26-18-20-7-3-5-9-24(20)33-25-10-6-4-8-22(25)26/h3-14,23,26H,2,15-18H2,1H3,(H,28,29). The van der Waals surface area contributed by atoms with E-state index in [0.29, 0.717) is 24.9 Å². The van der Waals surface area contributed by atoms with Gasteiger partial charge in [-0.2, -0.15) is 0 Å². The van der Waals surface area contributed by atoms with Crippen molar-refractivity contribution in [2.45, 2.75) is 40.9 Å². The minimum atomic E-state index is -0.935. The summed E-state index contributed by atoms with van der Waals surface area (Å²) in [7, 11) is 0. The average Bonchev–Trinajstić information content (AvgIpc) is 2.99. The molecule has 3 aromatic rings. The van der Waals surface area contributed by atoms with E-state index < -0.39 is 12.1 Å². The van der Waals surface area contributed by atoms with Crippen molar-refractivity contribution in [1.29, 1.82) is 0 Å². The fraction of sp³-hybridized carbons (Fsp3) is 0.296. The van der Waals surface area contributed by atoms with Crippen LogP contribution < -0.4 is 4.74 Å². The Labute approximate surface area is 203 Å². The number of benzene rings is 3. The first kappa shape index (κ1) is 23.7. The smallest absolute Gasteiger partial charge is 0.333 e. The van der Waals surface area contributed by atoms with Gasteiger partial charge < -0.3 is 14.6 Å². The van der Waals surface area contributed by atoms with E-state index in [1.54, 1.807) is 6.92 Å². The van der Waals surface area contributed by atoms with Gasteiger partial charge in [0.05, 0.1) is 6.61 Å². The molecule has 4 nitrogen and oxygen atoms in total. The Hall–Kier alpha value is -2.41. The highest BCUT2D eigenvalue weighted by Gasteiger charge is 2.22. The third-order valence-corrected chi connectivity index (χ3v) is 7.96. The molecule has 1 N–H and O–H groups in total. The van der Waals surface area contributed by atoms with Crippen LogP contribution in [0.1, 0.15) is 28.9 Å². The number of hydrogen-bond acceptors (Lipinski definition) is 5. The lowest BCUT2D eigenvalue weighted by Crippen LogP contribution is -2.26. The molecule has 1 heterocycles.